The number of hydrogen-bond donors (Lipinski definition) is 1. The van der Waals surface area contributed by atoms with Gasteiger partial charge in [0.25, 0.3) is 0 Å². The van der Waals surface area contributed by atoms with E-state index in [2.05, 4.69) is 4.37 Å². The topological polar surface area (TPSA) is 65.2 Å². The molecule has 0 amide bonds. The standard InChI is InChI=1S/C8H12N2O2S/c1-2-12-8(11)5-6(9)7-3-4-10-13-7/h3-4,6H,2,5,9H2,1H3. The Hall–Kier alpha value is -0.940. The Labute approximate surface area is 80.9 Å². The summed E-state index contributed by atoms with van der Waals surface area (Å²) in [5, 5.41) is 0. The molecule has 0 spiro atoms. The third-order valence-electron chi connectivity index (χ3n) is 1.52. The average Bonchev–Trinajstić information content (AvgIpc) is 2.55. The minimum absolute atomic E-state index is 0.218. The molecule has 0 radical (unpaired) electrons. The number of carbonyl (C=O) groups excluding carboxylic acids is 1. The highest BCUT2D eigenvalue weighted by molar-refractivity contribution is 7.05. The van der Waals surface area contributed by atoms with Crippen LogP contribution in [0.4, 0.5) is 0 Å². The fourth-order valence-corrected chi connectivity index (χ4v) is 1.50. The highest BCUT2D eigenvalue weighted by atomic mass is 32.1. The van der Waals surface area contributed by atoms with Crippen LogP contribution in [0, 0.1) is 0 Å². The van der Waals surface area contributed by atoms with Crippen LogP contribution in [0.25, 0.3) is 0 Å². The van der Waals surface area contributed by atoms with Gasteiger partial charge in [0.05, 0.1) is 19.1 Å². The first-order chi connectivity index (χ1) is 6.24. The number of rotatable bonds is 4. The molecule has 1 atom stereocenters. The second kappa shape index (κ2) is 4.94. The molecule has 1 aromatic heterocycles. The molecule has 0 aromatic carbocycles. The zero-order valence-corrected chi connectivity index (χ0v) is 8.21. The highest BCUT2D eigenvalue weighted by Gasteiger charge is 2.13. The molecule has 1 aromatic rings. The molecule has 5 heteroatoms. The molecule has 1 unspecified atom stereocenters. The van der Waals surface area contributed by atoms with Gasteiger partial charge < -0.3 is 10.5 Å². The van der Waals surface area contributed by atoms with Gasteiger partial charge >= 0.3 is 5.97 Å². The van der Waals surface area contributed by atoms with Crippen molar-refractivity contribution in [1.29, 1.82) is 0 Å². The fourth-order valence-electron chi connectivity index (χ4n) is 0.917. The maximum absolute atomic E-state index is 11.0. The summed E-state index contributed by atoms with van der Waals surface area (Å²) >= 11 is 1.31. The lowest BCUT2D eigenvalue weighted by molar-refractivity contribution is -0.143. The molecule has 0 fully saturated rings. The summed E-state index contributed by atoms with van der Waals surface area (Å²) in [4.78, 5) is 11.9. The number of carbonyl (C=O) groups is 1. The molecule has 0 aliphatic carbocycles. The maximum atomic E-state index is 11.0. The van der Waals surface area contributed by atoms with Crippen molar-refractivity contribution in [3.63, 3.8) is 0 Å². The lowest BCUT2D eigenvalue weighted by atomic mass is 10.2. The molecule has 1 heterocycles. The fraction of sp³-hybridized carbons (Fsp3) is 0.500. The second-order valence-corrected chi connectivity index (χ2v) is 3.40. The van der Waals surface area contributed by atoms with E-state index in [9.17, 15) is 4.79 Å². The Balaban J connectivity index is 2.42. The number of nitrogens with two attached hydrogens (primary N) is 1. The van der Waals surface area contributed by atoms with Crippen LogP contribution in [-0.4, -0.2) is 16.9 Å². The first kappa shape index (κ1) is 10.1. The van der Waals surface area contributed by atoms with E-state index >= 15 is 0 Å². The number of nitrogens with zero attached hydrogens (tertiary/aromatic N) is 1. The second-order valence-electron chi connectivity index (χ2n) is 2.53. The van der Waals surface area contributed by atoms with Crippen LogP contribution in [0.15, 0.2) is 12.3 Å². The molecule has 0 saturated heterocycles. The number of esters is 1. The van der Waals surface area contributed by atoms with Crippen LogP contribution < -0.4 is 5.73 Å². The molecule has 0 saturated carbocycles. The predicted molar refractivity (Wildman–Crippen MR) is 50.3 cm³/mol. The zero-order valence-electron chi connectivity index (χ0n) is 7.40. The Morgan fingerprint density at radius 3 is 3.15 bits per heavy atom. The van der Waals surface area contributed by atoms with Gasteiger partial charge in [-0.1, -0.05) is 0 Å². The molecule has 2 N–H and O–H groups in total. The van der Waals surface area contributed by atoms with Crippen LogP contribution in [0.2, 0.25) is 0 Å². The van der Waals surface area contributed by atoms with Gasteiger partial charge in [0.15, 0.2) is 0 Å². The van der Waals surface area contributed by atoms with Crippen LogP contribution in [0.3, 0.4) is 0 Å². The van der Waals surface area contributed by atoms with Gasteiger partial charge in [-0.3, -0.25) is 4.79 Å². The molecule has 4 nitrogen and oxygen atoms in total. The van der Waals surface area contributed by atoms with E-state index < -0.39 is 0 Å². The van der Waals surface area contributed by atoms with Crippen LogP contribution in [0.5, 0.6) is 0 Å². The van der Waals surface area contributed by atoms with E-state index in [0.29, 0.717) is 6.61 Å². The first-order valence-electron chi connectivity index (χ1n) is 4.05. The molecule has 0 aliphatic heterocycles. The van der Waals surface area contributed by atoms with E-state index in [1.165, 1.54) is 11.5 Å². The Bertz CT molecular complexity index is 261. The van der Waals surface area contributed by atoms with Crippen LogP contribution >= 0.6 is 11.5 Å². The Morgan fingerprint density at radius 1 is 1.85 bits per heavy atom. The average molecular weight is 200 g/mol. The third-order valence-corrected chi connectivity index (χ3v) is 2.39. The van der Waals surface area contributed by atoms with E-state index in [4.69, 9.17) is 10.5 Å². The maximum Gasteiger partial charge on any atom is 0.307 e. The molecule has 1 rings (SSSR count). The summed E-state index contributed by atoms with van der Waals surface area (Å²) in [7, 11) is 0. The zero-order chi connectivity index (χ0) is 9.68. The van der Waals surface area contributed by atoms with Crippen LogP contribution in [0.1, 0.15) is 24.3 Å². The van der Waals surface area contributed by atoms with Crippen molar-refractivity contribution in [1.82, 2.24) is 4.37 Å². The van der Waals surface area contributed by atoms with E-state index in [-0.39, 0.29) is 18.4 Å². The molecular formula is C8H12N2O2S. The lowest BCUT2D eigenvalue weighted by Crippen LogP contribution is -2.16. The van der Waals surface area contributed by atoms with Crippen molar-refractivity contribution in [2.24, 2.45) is 5.73 Å². The summed E-state index contributed by atoms with van der Waals surface area (Å²) < 4.78 is 8.68. The number of hydrogen-bond acceptors (Lipinski definition) is 5. The molecule has 0 aliphatic rings. The predicted octanol–water partition coefficient (Wildman–Crippen LogP) is 1.10. The molecular weight excluding hydrogens is 188 g/mol. The van der Waals surface area contributed by atoms with Gasteiger partial charge in [-0.2, -0.15) is 0 Å². The Morgan fingerprint density at radius 2 is 2.62 bits per heavy atom. The smallest absolute Gasteiger partial charge is 0.307 e. The van der Waals surface area contributed by atoms with E-state index in [1.54, 1.807) is 13.1 Å². The van der Waals surface area contributed by atoms with Gasteiger partial charge in [0.2, 0.25) is 0 Å². The summed E-state index contributed by atoms with van der Waals surface area (Å²) in [5.74, 6) is -0.261. The minimum atomic E-state index is -0.286. The van der Waals surface area contributed by atoms with Gasteiger partial charge in [-0.15, -0.1) is 0 Å². The van der Waals surface area contributed by atoms with Crippen LogP contribution in [-0.2, 0) is 9.53 Å². The summed E-state index contributed by atoms with van der Waals surface area (Å²) in [6.07, 6.45) is 1.89. The summed E-state index contributed by atoms with van der Waals surface area (Å²) in [6, 6.07) is 1.53. The van der Waals surface area contributed by atoms with Crippen molar-refractivity contribution in [3.05, 3.63) is 17.1 Å². The van der Waals surface area contributed by atoms with Crippen molar-refractivity contribution in [3.8, 4) is 0 Å². The number of ether oxygens (including phenoxy) is 1. The SMILES string of the molecule is CCOC(=O)CC(N)c1ccns1. The van der Waals surface area contributed by atoms with Crippen molar-refractivity contribution in [2.75, 3.05) is 6.61 Å². The summed E-state index contributed by atoms with van der Waals surface area (Å²) in [5.41, 5.74) is 5.74. The lowest BCUT2D eigenvalue weighted by Gasteiger charge is -2.07. The molecule has 13 heavy (non-hydrogen) atoms. The molecule has 72 valence electrons. The monoisotopic (exact) mass is 200 g/mol. The van der Waals surface area contributed by atoms with Crippen molar-refractivity contribution < 1.29 is 9.53 Å². The first-order valence-corrected chi connectivity index (χ1v) is 4.83. The van der Waals surface area contributed by atoms with Gasteiger partial charge in [-0.25, -0.2) is 4.37 Å². The van der Waals surface area contributed by atoms with Gasteiger partial charge in [0.1, 0.15) is 0 Å². The van der Waals surface area contributed by atoms with Gasteiger partial charge in [0, 0.05) is 11.1 Å². The molecule has 0 bridgehead atoms. The van der Waals surface area contributed by atoms with E-state index in [1.807, 2.05) is 6.07 Å². The number of aromatic nitrogens is 1. The van der Waals surface area contributed by atoms with Gasteiger partial charge in [-0.05, 0) is 24.5 Å². The minimum Gasteiger partial charge on any atom is -0.466 e. The quantitative estimate of drug-likeness (QED) is 0.739. The normalized spacial score (nSPS) is 12.5. The van der Waals surface area contributed by atoms with E-state index in [0.717, 1.165) is 4.88 Å². The largest absolute Gasteiger partial charge is 0.466 e. The Kier molecular flexibility index (Phi) is 3.85. The third kappa shape index (κ3) is 3.12. The van der Waals surface area contributed by atoms with Crippen molar-refractivity contribution in [2.45, 2.75) is 19.4 Å². The van der Waals surface area contributed by atoms with Crippen molar-refractivity contribution >= 4 is 17.5 Å². The summed E-state index contributed by atoms with van der Waals surface area (Å²) in [6.45, 7) is 2.17. The highest BCUT2D eigenvalue weighted by Crippen LogP contribution is 2.17.